The highest BCUT2D eigenvalue weighted by Gasteiger charge is 2.45. The fraction of sp³-hybridized carbons (Fsp3) is 0.370. The van der Waals surface area contributed by atoms with Crippen LogP contribution in [0.3, 0.4) is 0 Å². The van der Waals surface area contributed by atoms with Gasteiger partial charge in [-0.3, -0.25) is 14.6 Å². The van der Waals surface area contributed by atoms with Crippen LogP contribution in [0.4, 0.5) is 0 Å². The maximum absolute atomic E-state index is 13.6. The monoisotopic (exact) mass is 497 g/mol. The van der Waals surface area contributed by atoms with Gasteiger partial charge in [-0.15, -0.1) is 0 Å². The summed E-state index contributed by atoms with van der Waals surface area (Å²) in [6.45, 7) is 2.15. The highest BCUT2D eigenvalue weighted by Crippen LogP contribution is 2.48. The molecule has 4 rings (SSSR count). The molecule has 1 unspecified atom stereocenters. The van der Waals surface area contributed by atoms with Crippen molar-refractivity contribution >= 4 is 29.1 Å². The van der Waals surface area contributed by atoms with Crippen LogP contribution in [0.1, 0.15) is 42.7 Å². The molecule has 0 amide bonds. The first-order chi connectivity index (χ1) is 16.8. The molecule has 1 aliphatic heterocycles. The van der Waals surface area contributed by atoms with Crippen LogP contribution in [-0.4, -0.2) is 50.0 Å². The van der Waals surface area contributed by atoms with Crippen LogP contribution in [0, 0.1) is 5.92 Å². The van der Waals surface area contributed by atoms with Gasteiger partial charge in [0.15, 0.2) is 17.3 Å². The number of hydrogen-bond acceptors (Lipinski definition) is 7. The summed E-state index contributed by atoms with van der Waals surface area (Å²) in [5, 5.41) is 10.8. The van der Waals surface area contributed by atoms with Gasteiger partial charge < -0.3 is 19.3 Å². The number of aromatic hydroxyl groups is 1. The number of ketones is 1. The zero-order chi connectivity index (χ0) is 25.1. The quantitative estimate of drug-likeness (QED) is 0.435. The van der Waals surface area contributed by atoms with E-state index in [9.17, 15) is 14.7 Å². The molecule has 2 aromatic carbocycles. The highest BCUT2D eigenvalue weighted by atomic mass is 35.5. The summed E-state index contributed by atoms with van der Waals surface area (Å²) >= 11 is 6.05. The zero-order valence-corrected chi connectivity index (χ0v) is 20.7. The number of methoxy groups -OCH3 is 2. The summed E-state index contributed by atoms with van der Waals surface area (Å²) in [5.41, 5.74) is 3.46. The molecular weight excluding hydrogens is 470 g/mol. The van der Waals surface area contributed by atoms with Crippen molar-refractivity contribution in [2.45, 2.75) is 31.6 Å². The first-order valence-electron chi connectivity index (χ1n) is 11.4. The molecule has 35 heavy (non-hydrogen) atoms. The number of carbonyl (C=O) groups is 2. The van der Waals surface area contributed by atoms with Gasteiger partial charge in [-0.1, -0.05) is 29.8 Å². The molecule has 0 bridgehead atoms. The van der Waals surface area contributed by atoms with Crippen molar-refractivity contribution in [2.24, 2.45) is 10.9 Å². The molecule has 184 valence electrons. The normalized spacial score (nSPS) is 21.9. The molecule has 0 spiro atoms. The van der Waals surface area contributed by atoms with E-state index < -0.39 is 17.8 Å². The van der Waals surface area contributed by atoms with E-state index in [1.165, 1.54) is 20.3 Å². The highest BCUT2D eigenvalue weighted by molar-refractivity contribution is 6.30. The molecule has 0 aromatic heterocycles. The van der Waals surface area contributed by atoms with E-state index in [-0.39, 0.29) is 36.4 Å². The van der Waals surface area contributed by atoms with Gasteiger partial charge in [0, 0.05) is 41.5 Å². The number of rotatable bonds is 7. The summed E-state index contributed by atoms with van der Waals surface area (Å²) in [7, 11) is 2.98. The molecule has 8 heteroatoms. The molecule has 1 heterocycles. The van der Waals surface area contributed by atoms with Crippen LogP contribution in [0.2, 0.25) is 5.02 Å². The standard InChI is InChI=1S/C27H28ClNO6/c1-15-24(27(32)35-11-10-33-2)25(17-6-9-21(30)23(14-17)34-3)26-20(29-15)12-18(13-22(26)31)16-4-7-19(28)8-5-16/h4-9,14,18,24-25,30H,10-13H2,1-3H3/t18-,24?,25+/m0/s1. The van der Waals surface area contributed by atoms with Crippen LogP contribution in [0.5, 0.6) is 11.5 Å². The van der Waals surface area contributed by atoms with E-state index in [1.807, 2.05) is 24.3 Å². The summed E-state index contributed by atoms with van der Waals surface area (Å²) < 4.78 is 15.8. The van der Waals surface area contributed by atoms with Gasteiger partial charge in [0.25, 0.3) is 0 Å². The molecule has 3 atom stereocenters. The third kappa shape index (κ3) is 5.11. The molecule has 0 fully saturated rings. The van der Waals surface area contributed by atoms with Gasteiger partial charge in [-0.2, -0.15) is 0 Å². The van der Waals surface area contributed by atoms with Gasteiger partial charge >= 0.3 is 5.97 Å². The lowest BCUT2D eigenvalue weighted by Crippen LogP contribution is -2.38. The number of benzene rings is 2. The van der Waals surface area contributed by atoms with Crippen molar-refractivity contribution in [1.82, 2.24) is 0 Å². The zero-order valence-electron chi connectivity index (χ0n) is 19.9. The van der Waals surface area contributed by atoms with Crippen LogP contribution >= 0.6 is 11.6 Å². The molecule has 0 saturated carbocycles. The molecule has 1 aliphatic carbocycles. The lowest BCUT2D eigenvalue weighted by molar-refractivity contribution is -0.147. The van der Waals surface area contributed by atoms with E-state index in [1.54, 1.807) is 19.1 Å². The van der Waals surface area contributed by atoms with Crippen molar-refractivity contribution in [3.8, 4) is 11.5 Å². The Morgan fingerprint density at radius 2 is 1.80 bits per heavy atom. The summed E-state index contributed by atoms with van der Waals surface area (Å²) in [5.74, 6) is -1.71. The minimum atomic E-state index is -0.782. The molecule has 2 aliphatic rings. The molecule has 7 nitrogen and oxygen atoms in total. The predicted octanol–water partition coefficient (Wildman–Crippen LogP) is 4.82. The van der Waals surface area contributed by atoms with Gasteiger partial charge in [0.2, 0.25) is 0 Å². The predicted molar refractivity (Wildman–Crippen MR) is 132 cm³/mol. The second-order valence-corrected chi connectivity index (χ2v) is 9.18. The van der Waals surface area contributed by atoms with Crippen molar-refractivity contribution in [2.75, 3.05) is 27.4 Å². The summed E-state index contributed by atoms with van der Waals surface area (Å²) in [6.07, 6.45) is 0.864. The summed E-state index contributed by atoms with van der Waals surface area (Å²) in [4.78, 5) is 31.6. The minimum Gasteiger partial charge on any atom is -0.504 e. The molecular formula is C27H28ClNO6. The van der Waals surface area contributed by atoms with Crippen LogP contribution in [0.25, 0.3) is 0 Å². The Morgan fingerprint density at radius 3 is 2.49 bits per heavy atom. The number of phenolic OH excluding ortho intramolecular Hbond substituents is 1. The SMILES string of the molecule is COCCOC(=O)C1C(C)=NC2=C(C(=O)C[C@@H](c3ccc(Cl)cc3)C2)[C@@H]1c1ccc(O)c(OC)c1. The Hall–Kier alpha value is -3.16. The number of halogens is 1. The molecule has 2 aromatic rings. The van der Waals surface area contributed by atoms with Crippen molar-refractivity contribution < 1.29 is 28.9 Å². The number of carbonyl (C=O) groups excluding carboxylic acids is 2. The van der Waals surface area contributed by atoms with E-state index in [0.29, 0.717) is 40.4 Å². The minimum absolute atomic E-state index is 0.0244. The maximum Gasteiger partial charge on any atom is 0.315 e. The van der Waals surface area contributed by atoms with Crippen molar-refractivity contribution in [3.63, 3.8) is 0 Å². The summed E-state index contributed by atoms with van der Waals surface area (Å²) in [6, 6.07) is 12.4. The van der Waals surface area contributed by atoms with Crippen LogP contribution in [0.15, 0.2) is 58.7 Å². The lowest BCUT2D eigenvalue weighted by Gasteiger charge is -2.36. The molecule has 0 radical (unpaired) electrons. The number of nitrogens with zero attached hydrogens (tertiary/aromatic N) is 1. The van der Waals surface area contributed by atoms with E-state index >= 15 is 0 Å². The first kappa shape index (κ1) is 24.9. The number of hydrogen-bond donors (Lipinski definition) is 1. The topological polar surface area (TPSA) is 94.4 Å². The van der Waals surface area contributed by atoms with Gasteiger partial charge in [0.05, 0.1) is 13.7 Å². The third-order valence-corrected chi connectivity index (χ3v) is 6.83. The lowest BCUT2D eigenvalue weighted by atomic mass is 9.69. The van der Waals surface area contributed by atoms with E-state index in [4.69, 9.17) is 30.8 Å². The van der Waals surface area contributed by atoms with Gasteiger partial charge in [0.1, 0.15) is 12.5 Å². The van der Waals surface area contributed by atoms with E-state index in [2.05, 4.69) is 0 Å². The Morgan fingerprint density at radius 1 is 1.09 bits per heavy atom. The van der Waals surface area contributed by atoms with Crippen molar-refractivity contribution in [1.29, 1.82) is 0 Å². The average molecular weight is 498 g/mol. The van der Waals surface area contributed by atoms with E-state index in [0.717, 1.165) is 5.56 Å². The number of aliphatic imine (C=N–C) groups is 1. The Labute approximate surface area is 209 Å². The second kappa shape index (κ2) is 10.6. The number of ether oxygens (including phenoxy) is 3. The number of Topliss-reactive ketones (excluding diaryl/α,β-unsaturated/α-hetero) is 1. The maximum atomic E-state index is 13.6. The number of phenols is 1. The van der Waals surface area contributed by atoms with Gasteiger partial charge in [-0.25, -0.2) is 0 Å². The number of esters is 1. The smallest absolute Gasteiger partial charge is 0.315 e. The second-order valence-electron chi connectivity index (χ2n) is 8.74. The van der Waals surface area contributed by atoms with Gasteiger partial charge in [-0.05, 0) is 54.7 Å². The molecule has 0 saturated heterocycles. The Bertz CT molecular complexity index is 1190. The number of allylic oxidation sites excluding steroid dienone is 2. The average Bonchev–Trinajstić information content (AvgIpc) is 2.84. The van der Waals surface area contributed by atoms with Crippen LogP contribution < -0.4 is 4.74 Å². The van der Waals surface area contributed by atoms with Crippen LogP contribution in [-0.2, 0) is 19.1 Å². The third-order valence-electron chi connectivity index (χ3n) is 6.58. The Balaban J connectivity index is 1.77. The first-order valence-corrected chi connectivity index (χ1v) is 11.8. The van der Waals surface area contributed by atoms with Crippen molar-refractivity contribution in [3.05, 3.63) is 69.9 Å². The molecule has 1 N–H and O–H groups in total. The largest absolute Gasteiger partial charge is 0.504 e. The fourth-order valence-electron chi connectivity index (χ4n) is 4.90. The fourth-order valence-corrected chi connectivity index (χ4v) is 5.02. The Kier molecular flexibility index (Phi) is 7.57.